The average molecular weight is 369 g/mol. The second kappa shape index (κ2) is 7.10. The molecule has 2 atom stereocenters. The molecule has 1 fully saturated rings. The highest BCUT2D eigenvalue weighted by atomic mass is 16.5. The minimum atomic E-state index is -0.615. The van der Waals surface area contributed by atoms with E-state index >= 15 is 0 Å². The first-order valence-corrected chi connectivity index (χ1v) is 9.03. The van der Waals surface area contributed by atoms with Crippen LogP contribution in [0.1, 0.15) is 44.0 Å². The van der Waals surface area contributed by atoms with Crippen LogP contribution in [0.3, 0.4) is 0 Å². The molecule has 3 rings (SSSR count). The molecule has 1 heterocycles. The number of carbonyl (C=O) groups excluding carboxylic acids is 4. The Balaban J connectivity index is 1.69. The van der Waals surface area contributed by atoms with Crippen LogP contribution in [-0.4, -0.2) is 30.2 Å². The van der Waals surface area contributed by atoms with Gasteiger partial charge in [0.05, 0.1) is 23.1 Å². The number of esters is 1. The number of amides is 2. The predicted molar refractivity (Wildman–Crippen MR) is 99.0 cm³/mol. The largest absolute Gasteiger partial charge is 0.454 e. The van der Waals surface area contributed by atoms with Gasteiger partial charge in [-0.3, -0.25) is 19.3 Å². The number of allylic oxidation sites excluding steroid dienone is 2. The molecule has 1 aliphatic heterocycles. The SMILES string of the molecule is CC(C)(C)C(=O)COC(=O)c1ccc(N2C(=O)C3CC=CCC3C2=O)cc1. The van der Waals surface area contributed by atoms with Crippen LogP contribution in [-0.2, 0) is 19.1 Å². The lowest BCUT2D eigenvalue weighted by atomic mass is 9.85. The van der Waals surface area contributed by atoms with E-state index in [-0.39, 0.29) is 41.6 Å². The Kier molecular flexibility index (Phi) is 5.00. The zero-order valence-corrected chi connectivity index (χ0v) is 15.7. The first kappa shape index (κ1) is 19.0. The molecule has 1 saturated heterocycles. The summed E-state index contributed by atoms with van der Waals surface area (Å²) in [5.74, 6) is -1.76. The van der Waals surface area contributed by atoms with Crippen molar-refractivity contribution in [2.24, 2.45) is 17.3 Å². The smallest absolute Gasteiger partial charge is 0.338 e. The lowest BCUT2D eigenvalue weighted by molar-refractivity contribution is -0.129. The topological polar surface area (TPSA) is 80.8 Å². The Morgan fingerprint density at radius 2 is 1.52 bits per heavy atom. The van der Waals surface area contributed by atoms with E-state index in [1.165, 1.54) is 17.0 Å². The molecule has 1 aliphatic carbocycles. The third kappa shape index (κ3) is 3.70. The number of benzene rings is 1. The fourth-order valence-electron chi connectivity index (χ4n) is 3.23. The summed E-state index contributed by atoms with van der Waals surface area (Å²) in [4.78, 5) is 50.3. The Hall–Kier alpha value is -2.76. The van der Waals surface area contributed by atoms with E-state index in [1.54, 1.807) is 32.9 Å². The van der Waals surface area contributed by atoms with Crippen molar-refractivity contribution < 1.29 is 23.9 Å². The molecule has 2 aliphatic rings. The quantitative estimate of drug-likeness (QED) is 0.463. The molecule has 142 valence electrons. The minimum Gasteiger partial charge on any atom is -0.454 e. The van der Waals surface area contributed by atoms with Crippen molar-refractivity contribution in [2.45, 2.75) is 33.6 Å². The molecule has 0 bridgehead atoms. The maximum atomic E-state index is 12.6. The van der Waals surface area contributed by atoms with Gasteiger partial charge in [-0.25, -0.2) is 4.79 Å². The number of ketones is 1. The zero-order valence-electron chi connectivity index (χ0n) is 15.7. The molecule has 2 amide bonds. The van der Waals surface area contributed by atoms with Crippen LogP contribution >= 0.6 is 0 Å². The summed E-state index contributed by atoms with van der Waals surface area (Å²) < 4.78 is 5.06. The summed E-state index contributed by atoms with van der Waals surface area (Å²) >= 11 is 0. The number of hydrogen-bond donors (Lipinski definition) is 0. The number of fused-ring (bicyclic) bond motifs is 1. The van der Waals surface area contributed by atoms with E-state index in [0.717, 1.165) is 0 Å². The summed E-state index contributed by atoms with van der Waals surface area (Å²) in [6.45, 7) is 4.99. The number of hydrogen-bond acceptors (Lipinski definition) is 5. The number of anilines is 1. The van der Waals surface area contributed by atoms with Gasteiger partial charge in [0.15, 0.2) is 12.4 Å². The number of carbonyl (C=O) groups is 4. The highest BCUT2D eigenvalue weighted by Crippen LogP contribution is 2.37. The van der Waals surface area contributed by atoms with Crippen molar-refractivity contribution in [3.8, 4) is 0 Å². The number of nitrogens with zero attached hydrogens (tertiary/aromatic N) is 1. The normalized spacial score (nSPS) is 22.0. The van der Waals surface area contributed by atoms with Gasteiger partial charge in [0.2, 0.25) is 11.8 Å². The van der Waals surface area contributed by atoms with E-state index < -0.39 is 11.4 Å². The van der Waals surface area contributed by atoms with Gasteiger partial charge in [-0.05, 0) is 37.1 Å². The second-order valence-electron chi connectivity index (χ2n) is 7.96. The molecular formula is C21H23NO5. The monoisotopic (exact) mass is 369 g/mol. The summed E-state index contributed by atoms with van der Waals surface area (Å²) in [6, 6.07) is 6.12. The molecule has 6 heteroatoms. The van der Waals surface area contributed by atoms with Gasteiger partial charge >= 0.3 is 5.97 Å². The number of imide groups is 1. The number of rotatable bonds is 4. The van der Waals surface area contributed by atoms with Crippen LogP contribution in [0.2, 0.25) is 0 Å². The van der Waals surface area contributed by atoms with E-state index in [4.69, 9.17) is 4.74 Å². The van der Waals surface area contributed by atoms with Crippen LogP contribution < -0.4 is 4.90 Å². The van der Waals surface area contributed by atoms with E-state index in [9.17, 15) is 19.2 Å². The molecule has 0 saturated carbocycles. The summed E-state index contributed by atoms with van der Waals surface area (Å²) in [6.07, 6.45) is 5.04. The van der Waals surface area contributed by atoms with Gasteiger partial charge in [-0.15, -0.1) is 0 Å². The van der Waals surface area contributed by atoms with E-state index in [0.29, 0.717) is 18.5 Å². The van der Waals surface area contributed by atoms with E-state index in [1.807, 2.05) is 12.2 Å². The maximum absolute atomic E-state index is 12.6. The standard InChI is InChI=1S/C21H23NO5/c1-21(2,3)17(23)12-27-20(26)13-8-10-14(11-9-13)22-18(24)15-6-4-5-7-16(15)19(22)25/h4-5,8-11,15-16H,6-7,12H2,1-3H3. The average Bonchev–Trinajstić information content (AvgIpc) is 2.90. The number of ether oxygens (including phenoxy) is 1. The Morgan fingerprint density at radius 1 is 1.00 bits per heavy atom. The number of Topliss-reactive ketones (excluding diaryl/α,β-unsaturated/α-hetero) is 1. The molecule has 0 N–H and O–H groups in total. The minimum absolute atomic E-state index is 0.169. The molecular weight excluding hydrogens is 346 g/mol. The van der Waals surface area contributed by atoms with Gasteiger partial charge in [0.25, 0.3) is 0 Å². The molecule has 0 aromatic heterocycles. The van der Waals surface area contributed by atoms with Crippen LogP contribution in [0.15, 0.2) is 36.4 Å². The highest BCUT2D eigenvalue weighted by Gasteiger charge is 2.47. The van der Waals surface area contributed by atoms with Crippen molar-refractivity contribution in [1.29, 1.82) is 0 Å². The Morgan fingerprint density at radius 3 is 2.00 bits per heavy atom. The molecule has 27 heavy (non-hydrogen) atoms. The van der Waals surface area contributed by atoms with Crippen LogP contribution in [0.5, 0.6) is 0 Å². The molecule has 2 unspecified atom stereocenters. The molecule has 1 aromatic rings. The zero-order chi connectivity index (χ0) is 19.8. The summed E-state index contributed by atoms with van der Waals surface area (Å²) in [5, 5.41) is 0. The van der Waals surface area contributed by atoms with Gasteiger partial charge in [0, 0.05) is 5.41 Å². The lowest BCUT2D eigenvalue weighted by Gasteiger charge is -2.17. The maximum Gasteiger partial charge on any atom is 0.338 e. The summed E-state index contributed by atoms with van der Waals surface area (Å²) in [5.41, 5.74) is 0.132. The first-order valence-electron chi connectivity index (χ1n) is 9.03. The van der Waals surface area contributed by atoms with Crippen molar-refractivity contribution in [2.75, 3.05) is 11.5 Å². The molecule has 1 aromatic carbocycles. The van der Waals surface area contributed by atoms with Gasteiger partial charge in [-0.1, -0.05) is 32.9 Å². The van der Waals surface area contributed by atoms with Crippen molar-refractivity contribution >= 4 is 29.3 Å². The van der Waals surface area contributed by atoms with Gasteiger partial charge in [0.1, 0.15) is 0 Å². The van der Waals surface area contributed by atoms with Crippen molar-refractivity contribution in [3.63, 3.8) is 0 Å². The molecule has 6 nitrogen and oxygen atoms in total. The van der Waals surface area contributed by atoms with Gasteiger partial charge in [-0.2, -0.15) is 0 Å². The van der Waals surface area contributed by atoms with Crippen LogP contribution in [0.4, 0.5) is 5.69 Å². The van der Waals surface area contributed by atoms with Crippen LogP contribution in [0.25, 0.3) is 0 Å². The molecule has 0 radical (unpaired) electrons. The van der Waals surface area contributed by atoms with Crippen LogP contribution in [0, 0.1) is 17.3 Å². The Labute approximate surface area is 158 Å². The molecule has 0 spiro atoms. The highest BCUT2D eigenvalue weighted by molar-refractivity contribution is 6.22. The summed E-state index contributed by atoms with van der Waals surface area (Å²) in [7, 11) is 0. The fourth-order valence-corrected chi connectivity index (χ4v) is 3.23. The first-order chi connectivity index (χ1) is 12.7. The second-order valence-corrected chi connectivity index (χ2v) is 7.96. The third-order valence-corrected chi connectivity index (χ3v) is 5.04. The third-order valence-electron chi connectivity index (χ3n) is 5.04. The fraction of sp³-hybridized carbons (Fsp3) is 0.429. The van der Waals surface area contributed by atoms with E-state index in [2.05, 4.69) is 0 Å². The Bertz CT molecular complexity index is 790. The van der Waals surface area contributed by atoms with Crippen molar-refractivity contribution in [3.05, 3.63) is 42.0 Å². The van der Waals surface area contributed by atoms with Crippen molar-refractivity contribution in [1.82, 2.24) is 0 Å². The lowest BCUT2D eigenvalue weighted by Crippen LogP contribution is -2.30. The van der Waals surface area contributed by atoms with Gasteiger partial charge < -0.3 is 4.74 Å². The predicted octanol–water partition coefficient (Wildman–Crippen LogP) is 2.91.